The molecule has 0 aromatic heterocycles. The first-order valence-corrected chi connectivity index (χ1v) is 5.41. The lowest BCUT2D eigenvalue weighted by Gasteiger charge is -2.15. The minimum absolute atomic E-state index is 0.494. The molecule has 0 atom stereocenters. The summed E-state index contributed by atoms with van der Waals surface area (Å²) in [7, 11) is 2.06. The van der Waals surface area contributed by atoms with E-state index in [1.807, 2.05) is 6.07 Å². The van der Waals surface area contributed by atoms with Crippen molar-refractivity contribution in [2.24, 2.45) is 0 Å². The van der Waals surface area contributed by atoms with Crippen LogP contribution in [-0.2, 0) is 6.42 Å². The first-order chi connectivity index (χ1) is 7.13. The summed E-state index contributed by atoms with van der Waals surface area (Å²) >= 11 is 0. The quantitative estimate of drug-likeness (QED) is 0.697. The summed E-state index contributed by atoms with van der Waals surface area (Å²) in [6, 6.07) is 6.60. The van der Waals surface area contributed by atoms with Crippen LogP contribution >= 0.6 is 0 Å². The van der Waals surface area contributed by atoms with Gasteiger partial charge in [-0.1, -0.05) is 19.9 Å². The topological polar surface area (TPSA) is 27.0 Å². The van der Waals surface area contributed by atoms with Crippen molar-refractivity contribution in [3.63, 3.8) is 0 Å². The average Bonchev–Trinajstić information content (AvgIpc) is 2.59. The highest BCUT2D eigenvalue weighted by Gasteiger charge is 2.20. The summed E-state index contributed by atoms with van der Waals surface area (Å²) in [5.74, 6) is 0.494. The van der Waals surface area contributed by atoms with Crippen LogP contribution in [0.3, 0.4) is 0 Å². The summed E-state index contributed by atoms with van der Waals surface area (Å²) in [5.41, 5.74) is 4.58. The van der Waals surface area contributed by atoms with Crippen LogP contribution in [0.15, 0.2) is 12.1 Å². The Balaban J connectivity index is 2.59. The average molecular weight is 200 g/mol. The molecule has 0 saturated heterocycles. The van der Waals surface area contributed by atoms with E-state index in [-0.39, 0.29) is 0 Å². The van der Waals surface area contributed by atoms with Gasteiger partial charge in [-0.15, -0.1) is 0 Å². The van der Waals surface area contributed by atoms with Crippen molar-refractivity contribution in [3.8, 4) is 6.07 Å². The van der Waals surface area contributed by atoms with E-state index in [9.17, 15) is 0 Å². The molecule has 15 heavy (non-hydrogen) atoms. The van der Waals surface area contributed by atoms with Gasteiger partial charge in [-0.2, -0.15) is 5.26 Å². The fourth-order valence-corrected chi connectivity index (χ4v) is 2.18. The molecule has 0 saturated carbocycles. The zero-order valence-corrected chi connectivity index (χ0v) is 9.54. The van der Waals surface area contributed by atoms with Crippen molar-refractivity contribution in [1.82, 2.24) is 0 Å². The van der Waals surface area contributed by atoms with E-state index in [4.69, 9.17) is 5.26 Å². The fraction of sp³-hybridized carbons (Fsp3) is 0.462. The van der Waals surface area contributed by atoms with Crippen LogP contribution in [0.5, 0.6) is 0 Å². The molecule has 78 valence electrons. The van der Waals surface area contributed by atoms with E-state index in [1.54, 1.807) is 0 Å². The standard InChI is InChI=1S/C13H16N2/c1-9(2)11-6-10-4-5-15(3)13(10)12(7-11)8-14/h6-7,9H,4-5H2,1-3H3. The van der Waals surface area contributed by atoms with Crippen LogP contribution < -0.4 is 4.90 Å². The van der Waals surface area contributed by atoms with Gasteiger partial charge < -0.3 is 4.90 Å². The molecule has 1 aliphatic rings. The number of hydrogen-bond donors (Lipinski definition) is 0. The summed E-state index contributed by atoms with van der Waals surface area (Å²) in [6.07, 6.45) is 1.07. The van der Waals surface area contributed by atoms with Crippen molar-refractivity contribution < 1.29 is 0 Å². The third kappa shape index (κ3) is 1.59. The van der Waals surface area contributed by atoms with E-state index in [0.29, 0.717) is 5.92 Å². The molecule has 0 radical (unpaired) electrons. The lowest BCUT2D eigenvalue weighted by Crippen LogP contribution is -2.13. The van der Waals surface area contributed by atoms with Crippen molar-refractivity contribution >= 4 is 5.69 Å². The summed E-state index contributed by atoms with van der Waals surface area (Å²) < 4.78 is 0. The Bertz CT molecular complexity index is 427. The molecule has 0 spiro atoms. The lowest BCUT2D eigenvalue weighted by molar-refractivity contribution is 0.863. The monoisotopic (exact) mass is 200 g/mol. The second-order valence-electron chi connectivity index (χ2n) is 4.51. The molecule has 1 aromatic carbocycles. The van der Waals surface area contributed by atoms with E-state index >= 15 is 0 Å². The number of hydrogen-bond acceptors (Lipinski definition) is 2. The summed E-state index contributed by atoms with van der Waals surface area (Å²) in [6.45, 7) is 5.37. The van der Waals surface area contributed by atoms with Gasteiger partial charge in [0.1, 0.15) is 6.07 Å². The summed E-state index contributed by atoms with van der Waals surface area (Å²) in [4.78, 5) is 2.18. The zero-order chi connectivity index (χ0) is 11.0. The summed E-state index contributed by atoms with van der Waals surface area (Å²) in [5, 5.41) is 9.15. The Morgan fingerprint density at radius 1 is 1.40 bits per heavy atom. The number of rotatable bonds is 1. The smallest absolute Gasteiger partial charge is 0.101 e. The highest BCUT2D eigenvalue weighted by molar-refractivity contribution is 5.68. The molecule has 0 fully saturated rings. The van der Waals surface area contributed by atoms with E-state index in [1.165, 1.54) is 11.1 Å². The maximum Gasteiger partial charge on any atom is 0.101 e. The molecule has 2 heteroatoms. The van der Waals surface area contributed by atoms with Gasteiger partial charge >= 0.3 is 0 Å². The van der Waals surface area contributed by atoms with Crippen LogP contribution in [0.2, 0.25) is 0 Å². The van der Waals surface area contributed by atoms with Crippen LogP contribution in [0.1, 0.15) is 36.5 Å². The van der Waals surface area contributed by atoms with E-state index in [2.05, 4.69) is 37.9 Å². The molecule has 2 nitrogen and oxygen atoms in total. The Kier molecular flexibility index (Phi) is 2.40. The fourth-order valence-electron chi connectivity index (χ4n) is 2.18. The highest BCUT2D eigenvalue weighted by atomic mass is 15.1. The Hall–Kier alpha value is -1.49. The van der Waals surface area contributed by atoms with Crippen LogP contribution in [0.4, 0.5) is 5.69 Å². The molecule has 0 unspecified atom stereocenters. The third-order valence-electron chi connectivity index (χ3n) is 3.10. The van der Waals surface area contributed by atoms with Crippen LogP contribution in [0, 0.1) is 11.3 Å². The predicted molar refractivity (Wildman–Crippen MR) is 62.2 cm³/mol. The van der Waals surface area contributed by atoms with Crippen molar-refractivity contribution in [1.29, 1.82) is 5.26 Å². The second kappa shape index (κ2) is 3.58. The van der Waals surface area contributed by atoms with Crippen molar-refractivity contribution in [2.45, 2.75) is 26.2 Å². The Labute approximate surface area is 91.1 Å². The van der Waals surface area contributed by atoms with Crippen LogP contribution in [0.25, 0.3) is 0 Å². The van der Waals surface area contributed by atoms with Gasteiger partial charge in [0.15, 0.2) is 0 Å². The molecular formula is C13H16N2. The first kappa shape index (κ1) is 10.0. The number of nitriles is 1. The first-order valence-electron chi connectivity index (χ1n) is 5.41. The highest BCUT2D eigenvalue weighted by Crippen LogP contribution is 2.33. The SMILES string of the molecule is CC(C)c1cc(C#N)c2c(c1)CCN2C. The second-order valence-corrected chi connectivity index (χ2v) is 4.51. The van der Waals surface area contributed by atoms with Crippen LogP contribution in [-0.4, -0.2) is 13.6 Å². The molecular weight excluding hydrogens is 184 g/mol. The van der Waals surface area contributed by atoms with Gasteiger partial charge in [-0.05, 0) is 29.5 Å². The number of anilines is 1. The molecule has 2 rings (SSSR count). The number of fused-ring (bicyclic) bond motifs is 1. The molecule has 0 N–H and O–H groups in total. The molecule has 1 aliphatic heterocycles. The Morgan fingerprint density at radius 2 is 2.13 bits per heavy atom. The minimum atomic E-state index is 0.494. The minimum Gasteiger partial charge on any atom is -0.373 e. The van der Waals surface area contributed by atoms with E-state index < -0.39 is 0 Å². The molecule has 0 aliphatic carbocycles. The van der Waals surface area contributed by atoms with Gasteiger partial charge in [0.2, 0.25) is 0 Å². The maximum atomic E-state index is 9.15. The predicted octanol–water partition coefficient (Wildman–Crippen LogP) is 2.67. The molecule has 1 aromatic rings. The number of benzene rings is 1. The maximum absolute atomic E-state index is 9.15. The molecule has 1 heterocycles. The van der Waals surface area contributed by atoms with Crippen molar-refractivity contribution in [3.05, 3.63) is 28.8 Å². The van der Waals surface area contributed by atoms with Gasteiger partial charge in [0, 0.05) is 13.6 Å². The van der Waals surface area contributed by atoms with Gasteiger partial charge in [0.05, 0.1) is 11.3 Å². The number of likely N-dealkylation sites (N-methyl/N-ethyl adjacent to an activating group) is 1. The zero-order valence-electron chi connectivity index (χ0n) is 9.54. The van der Waals surface area contributed by atoms with E-state index in [0.717, 1.165) is 24.2 Å². The Morgan fingerprint density at radius 3 is 2.73 bits per heavy atom. The van der Waals surface area contributed by atoms with Gasteiger partial charge in [-0.3, -0.25) is 0 Å². The number of nitrogens with zero attached hydrogens (tertiary/aromatic N) is 2. The molecule has 0 bridgehead atoms. The normalized spacial score (nSPS) is 14.2. The van der Waals surface area contributed by atoms with Crippen molar-refractivity contribution in [2.75, 3.05) is 18.5 Å². The third-order valence-corrected chi connectivity index (χ3v) is 3.10. The van der Waals surface area contributed by atoms with Gasteiger partial charge in [0.25, 0.3) is 0 Å². The lowest BCUT2D eigenvalue weighted by atomic mass is 9.96. The molecule has 0 amide bonds. The van der Waals surface area contributed by atoms with Gasteiger partial charge in [-0.25, -0.2) is 0 Å². The largest absolute Gasteiger partial charge is 0.373 e.